The maximum Gasteiger partial charge on any atom is 0.335 e. The van der Waals surface area contributed by atoms with E-state index in [9.17, 15) is 19.8 Å². The lowest BCUT2D eigenvalue weighted by Crippen LogP contribution is -2.01. The predicted molar refractivity (Wildman–Crippen MR) is 109 cm³/mol. The largest absolute Gasteiger partial charge is 0.508 e. The van der Waals surface area contributed by atoms with Gasteiger partial charge in [-0.05, 0) is 60.0 Å². The fraction of sp³-hybridized carbons (Fsp3) is 0.130. The van der Waals surface area contributed by atoms with E-state index in [1.54, 1.807) is 24.3 Å². The quantitative estimate of drug-likeness (QED) is 0.498. The van der Waals surface area contributed by atoms with E-state index in [1.165, 1.54) is 29.3 Å². The van der Waals surface area contributed by atoms with Crippen molar-refractivity contribution in [3.63, 3.8) is 0 Å². The summed E-state index contributed by atoms with van der Waals surface area (Å²) in [5, 5.41) is 35.6. The molecule has 0 unspecified atom stereocenters. The summed E-state index contributed by atoms with van der Waals surface area (Å²) in [6, 6.07) is 19.8. The molecule has 0 amide bonds. The van der Waals surface area contributed by atoms with Gasteiger partial charge in [0.15, 0.2) is 0 Å². The molecule has 0 fully saturated rings. The smallest absolute Gasteiger partial charge is 0.335 e. The van der Waals surface area contributed by atoms with Gasteiger partial charge in [0.1, 0.15) is 11.5 Å². The second-order valence-electron chi connectivity index (χ2n) is 6.34. The van der Waals surface area contributed by atoms with Crippen LogP contribution in [-0.4, -0.2) is 32.4 Å². The van der Waals surface area contributed by atoms with Crippen LogP contribution in [0.2, 0.25) is 0 Å². The molecule has 0 aliphatic heterocycles. The number of rotatable bonds is 5. The van der Waals surface area contributed by atoms with Gasteiger partial charge in [-0.15, -0.1) is 0 Å². The minimum absolute atomic E-state index is 0.0186. The summed E-state index contributed by atoms with van der Waals surface area (Å²) >= 11 is 0. The highest BCUT2D eigenvalue weighted by molar-refractivity contribution is 5.93. The Morgan fingerprint density at radius 2 is 1.10 bits per heavy atom. The Morgan fingerprint density at radius 1 is 0.724 bits per heavy atom. The van der Waals surface area contributed by atoms with Crippen LogP contribution in [0.3, 0.4) is 0 Å². The monoisotopic (exact) mass is 394 g/mol. The van der Waals surface area contributed by atoms with Crippen LogP contribution in [-0.2, 0) is 0 Å². The topological polar surface area (TPSA) is 115 Å². The Morgan fingerprint density at radius 3 is 1.41 bits per heavy atom. The van der Waals surface area contributed by atoms with E-state index in [-0.39, 0.29) is 22.6 Å². The van der Waals surface area contributed by atoms with Gasteiger partial charge in [0.05, 0.1) is 11.1 Å². The van der Waals surface area contributed by atoms with E-state index in [0.29, 0.717) is 5.92 Å². The summed E-state index contributed by atoms with van der Waals surface area (Å²) in [6.45, 7) is 2.13. The Hall–Kier alpha value is -3.80. The lowest BCUT2D eigenvalue weighted by molar-refractivity contribution is 0.0696. The van der Waals surface area contributed by atoms with Crippen molar-refractivity contribution in [2.24, 2.45) is 0 Å². The van der Waals surface area contributed by atoms with Gasteiger partial charge in [0, 0.05) is 5.92 Å². The molecule has 0 radical (unpaired) electrons. The zero-order valence-electron chi connectivity index (χ0n) is 15.8. The minimum Gasteiger partial charge on any atom is -0.508 e. The number of hydrogen-bond donors (Lipinski definition) is 4. The lowest BCUT2D eigenvalue weighted by Gasteiger charge is -2.16. The van der Waals surface area contributed by atoms with Gasteiger partial charge in [0.25, 0.3) is 0 Å². The molecule has 150 valence electrons. The summed E-state index contributed by atoms with van der Waals surface area (Å²) in [6.07, 6.45) is 0.982. The van der Waals surface area contributed by atoms with E-state index in [2.05, 4.69) is 6.92 Å². The maximum absolute atomic E-state index is 10.4. The molecule has 0 aromatic heterocycles. The average Bonchev–Trinajstić information content (AvgIpc) is 2.72. The van der Waals surface area contributed by atoms with Crippen molar-refractivity contribution in [1.29, 1.82) is 0 Å². The first kappa shape index (κ1) is 21.5. The van der Waals surface area contributed by atoms with Gasteiger partial charge < -0.3 is 20.4 Å². The van der Waals surface area contributed by atoms with E-state index in [4.69, 9.17) is 10.2 Å². The number of carboxylic acids is 2. The molecule has 6 heteroatoms. The molecule has 6 nitrogen and oxygen atoms in total. The van der Waals surface area contributed by atoms with E-state index >= 15 is 0 Å². The van der Waals surface area contributed by atoms with Crippen LogP contribution in [0.15, 0.2) is 72.8 Å². The zero-order valence-corrected chi connectivity index (χ0v) is 15.8. The molecule has 0 saturated carbocycles. The Kier molecular flexibility index (Phi) is 7.37. The van der Waals surface area contributed by atoms with Crippen LogP contribution in [0.5, 0.6) is 11.5 Å². The molecule has 0 saturated heterocycles. The summed E-state index contributed by atoms with van der Waals surface area (Å²) in [5.74, 6) is -1.38. The molecule has 0 spiro atoms. The Labute approximate surface area is 168 Å². The molecule has 0 heterocycles. The third kappa shape index (κ3) is 6.10. The average molecular weight is 394 g/mol. The van der Waals surface area contributed by atoms with Crippen molar-refractivity contribution in [2.75, 3.05) is 0 Å². The van der Waals surface area contributed by atoms with Gasteiger partial charge in [-0.2, -0.15) is 0 Å². The number of aromatic carboxylic acids is 2. The van der Waals surface area contributed by atoms with E-state index < -0.39 is 11.9 Å². The van der Waals surface area contributed by atoms with Crippen molar-refractivity contribution >= 4 is 11.9 Å². The van der Waals surface area contributed by atoms with Crippen molar-refractivity contribution in [3.05, 3.63) is 95.1 Å². The molecule has 0 atom stereocenters. The number of phenolic OH excluding ortho intramolecular Hbond substituents is 2. The highest BCUT2D eigenvalue weighted by Crippen LogP contribution is 2.29. The van der Waals surface area contributed by atoms with Gasteiger partial charge in [-0.3, -0.25) is 0 Å². The summed E-state index contributed by atoms with van der Waals surface area (Å²) < 4.78 is 0. The number of hydrogen-bond acceptors (Lipinski definition) is 4. The summed E-state index contributed by atoms with van der Waals surface area (Å²) in [5.41, 5.74) is 2.32. The molecule has 3 rings (SSSR count). The molecule has 4 N–H and O–H groups in total. The Balaban J connectivity index is 0.000000221. The molecule has 3 aromatic rings. The molecule has 0 aliphatic carbocycles. The third-order valence-electron chi connectivity index (χ3n) is 4.36. The van der Waals surface area contributed by atoms with Crippen LogP contribution in [0, 0.1) is 0 Å². The zero-order chi connectivity index (χ0) is 21.4. The lowest BCUT2D eigenvalue weighted by atomic mass is 9.89. The second-order valence-corrected chi connectivity index (χ2v) is 6.34. The highest BCUT2D eigenvalue weighted by Gasteiger charge is 2.11. The van der Waals surface area contributed by atoms with Crippen LogP contribution in [0.1, 0.15) is 51.1 Å². The van der Waals surface area contributed by atoms with E-state index in [0.717, 1.165) is 12.5 Å². The number of aromatic hydroxyl groups is 2. The van der Waals surface area contributed by atoms with Crippen LogP contribution < -0.4 is 0 Å². The molecule has 0 bridgehead atoms. The molecule has 0 aliphatic rings. The molecular weight excluding hydrogens is 372 g/mol. The minimum atomic E-state index is -1.13. The normalized spacial score (nSPS) is 10.1. The van der Waals surface area contributed by atoms with Crippen LogP contribution >= 0.6 is 0 Å². The van der Waals surface area contributed by atoms with Crippen molar-refractivity contribution in [3.8, 4) is 11.5 Å². The Bertz CT molecular complexity index is 887. The molecular formula is C23H22O6. The highest BCUT2D eigenvalue weighted by atomic mass is 16.4. The fourth-order valence-electron chi connectivity index (χ4n) is 2.86. The van der Waals surface area contributed by atoms with Crippen molar-refractivity contribution in [1.82, 2.24) is 0 Å². The van der Waals surface area contributed by atoms with Gasteiger partial charge in [0.2, 0.25) is 0 Å². The number of phenols is 2. The molecule has 29 heavy (non-hydrogen) atoms. The molecule has 3 aromatic carbocycles. The third-order valence-corrected chi connectivity index (χ3v) is 4.36. The second kappa shape index (κ2) is 9.94. The van der Waals surface area contributed by atoms with Crippen molar-refractivity contribution in [2.45, 2.75) is 19.3 Å². The van der Waals surface area contributed by atoms with E-state index in [1.807, 2.05) is 24.3 Å². The predicted octanol–water partition coefficient (Wildman–Crippen LogP) is 4.72. The first-order valence-electron chi connectivity index (χ1n) is 8.96. The number of carboxylic acid groups (broad SMARTS) is 2. The first-order chi connectivity index (χ1) is 13.8. The first-order valence-corrected chi connectivity index (χ1v) is 8.96. The number of benzene rings is 3. The summed E-state index contributed by atoms with van der Waals surface area (Å²) in [4.78, 5) is 20.8. The van der Waals surface area contributed by atoms with Gasteiger partial charge >= 0.3 is 11.9 Å². The number of carbonyl (C=O) groups is 2. The summed E-state index contributed by atoms with van der Waals surface area (Å²) in [7, 11) is 0. The van der Waals surface area contributed by atoms with Gasteiger partial charge in [-0.1, -0.05) is 37.3 Å². The fourth-order valence-corrected chi connectivity index (χ4v) is 2.86. The van der Waals surface area contributed by atoms with Crippen LogP contribution in [0.4, 0.5) is 0 Å². The maximum atomic E-state index is 10.4. The van der Waals surface area contributed by atoms with Gasteiger partial charge in [-0.25, -0.2) is 9.59 Å². The SMILES string of the molecule is CCC(c1ccc(O)cc1)c1ccc(O)cc1.O=C(O)c1cccc(C(=O)O)c1. The standard InChI is InChI=1S/C15H16O2.C8H6O4/c1-2-15(11-3-7-13(16)8-4-11)12-5-9-14(17)10-6-12;9-7(10)5-2-1-3-6(4-5)8(11)12/h3-10,15-17H,2H2,1H3;1-4H,(H,9,10)(H,11,12). The van der Waals surface area contributed by atoms with Crippen LogP contribution in [0.25, 0.3) is 0 Å². The van der Waals surface area contributed by atoms with Crippen molar-refractivity contribution < 1.29 is 30.0 Å².